The zero-order valence-corrected chi connectivity index (χ0v) is 11.8. The molecule has 0 spiro atoms. The molecular formula is C15H16N2O2S. The molecule has 1 N–H and O–H groups in total. The lowest BCUT2D eigenvalue weighted by atomic mass is 9.94. The van der Waals surface area contributed by atoms with Crippen LogP contribution in [0.4, 0.5) is 5.69 Å². The second kappa shape index (κ2) is 5.63. The van der Waals surface area contributed by atoms with Gasteiger partial charge in [-0.3, -0.25) is 0 Å². The van der Waals surface area contributed by atoms with E-state index in [0.717, 1.165) is 30.8 Å². The number of rotatable bonds is 3. The third kappa shape index (κ3) is 2.54. The smallest absolute Gasteiger partial charge is 0.355 e. The highest BCUT2D eigenvalue weighted by atomic mass is 32.1. The number of nitrogens with zero attached hydrogens (tertiary/aromatic N) is 2. The van der Waals surface area contributed by atoms with Gasteiger partial charge in [-0.1, -0.05) is 18.2 Å². The van der Waals surface area contributed by atoms with Crippen LogP contribution in [0.5, 0.6) is 0 Å². The van der Waals surface area contributed by atoms with Crippen LogP contribution in [0.1, 0.15) is 34.1 Å². The van der Waals surface area contributed by atoms with Crippen molar-refractivity contribution >= 4 is 23.0 Å². The van der Waals surface area contributed by atoms with E-state index in [1.54, 1.807) is 5.51 Å². The monoisotopic (exact) mass is 288 g/mol. The van der Waals surface area contributed by atoms with E-state index in [0.29, 0.717) is 5.92 Å². The molecule has 2 heterocycles. The van der Waals surface area contributed by atoms with Crippen LogP contribution in [-0.4, -0.2) is 29.1 Å². The number of benzene rings is 1. The number of hydrogen-bond acceptors (Lipinski definition) is 4. The largest absolute Gasteiger partial charge is 0.476 e. The van der Waals surface area contributed by atoms with Crippen molar-refractivity contribution in [2.45, 2.75) is 18.8 Å². The Balaban J connectivity index is 1.70. The van der Waals surface area contributed by atoms with Crippen LogP contribution in [-0.2, 0) is 0 Å². The maximum absolute atomic E-state index is 11.1. The van der Waals surface area contributed by atoms with E-state index >= 15 is 0 Å². The Labute approximate surface area is 121 Å². The second-order valence-electron chi connectivity index (χ2n) is 4.97. The van der Waals surface area contributed by atoms with Crippen molar-refractivity contribution < 1.29 is 9.90 Å². The summed E-state index contributed by atoms with van der Waals surface area (Å²) in [4.78, 5) is 18.4. The van der Waals surface area contributed by atoms with Crippen molar-refractivity contribution in [2.24, 2.45) is 0 Å². The molecule has 0 unspecified atom stereocenters. The van der Waals surface area contributed by atoms with Gasteiger partial charge < -0.3 is 10.0 Å². The summed E-state index contributed by atoms with van der Waals surface area (Å²) < 4.78 is 0. The molecule has 5 heteroatoms. The number of aromatic nitrogens is 1. The molecule has 1 saturated heterocycles. The molecule has 1 aliphatic heterocycles. The van der Waals surface area contributed by atoms with Gasteiger partial charge in [-0.2, -0.15) is 0 Å². The highest BCUT2D eigenvalue weighted by Gasteiger charge is 2.26. The normalized spacial score (nSPS) is 16.3. The number of carboxylic acid groups (broad SMARTS) is 1. The first-order valence-electron chi connectivity index (χ1n) is 6.72. The van der Waals surface area contributed by atoms with E-state index in [2.05, 4.69) is 22.0 Å². The van der Waals surface area contributed by atoms with Crippen molar-refractivity contribution in [1.29, 1.82) is 0 Å². The predicted octanol–water partition coefficient (Wildman–Crippen LogP) is 3.23. The quantitative estimate of drug-likeness (QED) is 0.942. The minimum Gasteiger partial charge on any atom is -0.476 e. The zero-order valence-electron chi connectivity index (χ0n) is 11.0. The molecule has 0 atom stereocenters. The Morgan fingerprint density at radius 1 is 1.25 bits per heavy atom. The van der Waals surface area contributed by atoms with Crippen molar-refractivity contribution in [2.75, 3.05) is 18.0 Å². The SMILES string of the molecule is O=C(O)c1ncsc1C1CCN(c2ccccc2)CC1. The average molecular weight is 288 g/mol. The van der Waals surface area contributed by atoms with Crippen LogP contribution < -0.4 is 4.90 Å². The van der Waals surface area contributed by atoms with Gasteiger partial charge in [0.25, 0.3) is 0 Å². The van der Waals surface area contributed by atoms with E-state index in [-0.39, 0.29) is 5.69 Å². The highest BCUT2D eigenvalue weighted by molar-refractivity contribution is 7.10. The van der Waals surface area contributed by atoms with Crippen molar-refractivity contribution in [3.63, 3.8) is 0 Å². The summed E-state index contributed by atoms with van der Waals surface area (Å²) in [6.45, 7) is 1.93. The molecule has 0 radical (unpaired) electrons. The Morgan fingerprint density at radius 3 is 2.60 bits per heavy atom. The summed E-state index contributed by atoms with van der Waals surface area (Å²) in [6.07, 6.45) is 1.97. The number of anilines is 1. The lowest BCUT2D eigenvalue weighted by Crippen LogP contribution is -2.32. The summed E-state index contributed by atoms with van der Waals surface area (Å²) in [5.74, 6) is -0.583. The number of piperidine rings is 1. The van der Waals surface area contributed by atoms with Gasteiger partial charge in [0.05, 0.1) is 5.51 Å². The Morgan fingerprint density at radius 2 is 1.95 bits per heavy atom. The summed E-state index contributed by atoms with van der Waals surface area (Å²) in [5.41, 5.74) is 3.13. The minimum atomic E-state index is -0.910. The van der Waals surface area contributed by atoms with E-state index in [9.17, 15) is 4.79 Å². The second-order valence-corrected chi connectivity index (χ2v) is 5.85. The number of carbonyl (C=O) groups is 1. The maximum Gasteiger partial charge on any atom is 0.355 e. The van der Waals surface area contributed by atoms with Gasteiger partial charge in [0.1, 0.15) is 0 Å². The predicted molar refractivity (Wildman–Crippen MR) is 79.7 cm³/mol. The van der Waals surface area contributed by atoms with Gasteiger partial charge in [0, 0.05) is 23.7 Å². The molecule has 4 nitrogen and oxygen atoms in total. The van der Waals surface area contributed by atoms with Crippen LogP contribution >= 0.6 is 11.3 Å². The molecule has 3 rings (SSSR count). The average Bonchev–Trinajstić information content (AvgIpc) is 2.98. The molecule has 20 heavy (non-hydrogen) atoms. The number of hydrogen-bond donors (Lipinski definition) is 1. The fraction of sp³-hybridized carbons (Fsp3) is 0.333. The van der Waals surface area contributed by atoms with E-state index in [1.807, 2.05) is 18.2 Å². The van der Waals surface area contributed by atoms with Gasteiger partial charge in [0.15, 0.2) is 5.69 Å². The summed E-state index contributed by atoms with van der Waals surface area (Å²) in [7, 11) is 0. The van der Waals surface area contributed by atoms with Crippen LogP contribution in [0.3, 0.4) is 0 Å². The Hall–Kier alpha value is -1.88. The Bertz CT molecular complexity index is 589. The van der Waals surface area contributed by atoms with Gasteiger partial charge in [-0.25, -0.2) is 9.78 Å². The molecule has 104 valence electrons. The van der Waals surface area contributed by atoms with Crippen LogP contribution in [0.15, 0.2) is 35.8 Å². The molecule has 0 amide bonds. The number of para-hydroxylation sites is 1. The fourth-order valence-electron chi connectivity index (χ4n) is 2.74. The highest BCUT2D eigenvalue weighted by Crippen LogP contribution is 2.34. The third-order valence-corrected chi connectivity index (χ3v) is 4.78. The van der Waals surface area contributed by atoms with Crippen molar-refractivity contribution in [1.82, 2.24) is 4.98 Å². The first-order valence-corrected chi connectivity index (χ1v) is 7.60. The number of carboxylic acids is 1. The zero-order chi connectivity index (χ0) is 13.9. The molecule has 0 aliphatic carbocycles. The topological polar surface area (TPSA) is 53.4 Å². The van der Waals surface area contributed by atoms with E-state index < -0.39 is 5.97 Å². The molecule has 0 bridgehead atoms. The molecule has 0 saturated carbocycles. The van der Waals surface area contributed by atoms with Gasteiger partial charge in [-0.15, -0.1) is 11.3 Å². The van der Waals surface area contributed by atoms with Crippen molar-refractivity contribution in [3.8, 4) is 0 Å². The summed E-state index contributed by atoms with van der Waals surface area (Å²) in [6, 6.07) is 10.4. The molecule has 1 aromatic carbocycles. The lowest BCUT2D eigenvalue weighted by Gasteiger charge is -2.33. The fourth-order valence-corrected chi connectivity index (χ4v) is 3.70. The van der Waals surface area contributed by atoms with Crippen LogP contribution in [0.2, 0.25) is 0 Å². The van der Waals surface area contributed by atoms with E-state index in [4.69, 9.17) is 5.11 Å². The lowest BCUT2D eigenvalue weighted by molar-refractivity contribution is 0.0689. The molecule has 1 fully saturated rings. The van der Waals surface area contributed by atoms with Crippen molar-refractivity contribution in [3.05, 3.63) is 46.4 Å². The molecule has 2 aromatic rings. The van der Waals surface area contributed by atoms with E-state index in [1.165, 1.54) is 17.0 Å². The Kier molecular flexibility index (Phi) is 3.69. The number of thiazole rings is 1. The first kappa shape index (κ1) is 13.1. The summed E-state index contributed by atoms with van der Waals surface area (Å²) in [5, 5.41) is 9.15. The van der Waals surface area contributed by atoms with Gasteiger partial charge >= 0.3 is 5.97 Å². The third-order valence-electron chi connectivity index (χ3n) is 3.78. The van der Waals surface area contributed by atoms with Gasteiger partial charge in [0.2, 0.25) is 0 Å². The standard InChI is InChI=1S/C15H16N2O2S/c18-15(19)13-14(20-10-16-13)11-6-8-17(9-7-11)12-4-2-1-3-5-12/h1-5,10-11H,6-9H2,(H,18,19). The minimum absolute atomic E-state index is 0.244. The van der Waals surface area contributed by atoms with Crippen LogP contribution in [0.25, 0.3) is 0 Å². The van der Waals surface area contributed by atoms with Crippen LogP contribution in [0, 0.1) is 0 Å². The van der Waals surface area contributed by atoms with Gasteiger partial charge in [-0.05, 0) is 30.9 Å². The first-order chi connectivity index (χ1) is 9.75. The molecule has 1 aromatic heterocycles. The molecule has 1 aliphatic rings. The maximum atomic E-state index is 11.1. The molecular weight excluding hydrogens is 272 g/mol. The number of aromatic carboxylic acids is 1. The summed E-state index contributed by atoms with van der Waals surface area (Å²) >= 11 is 1.47.